The van der Waals surface area contributed by atoms with Gasteiger partial charge in [0.25, 0.3) is 0 Å². The molecule has 0 fully saturated rings. The van der Waals surface area contributed by atoms with E-state index < -0.39 is 0 Å². The number of halogens is 1. The Balaban J connectivity index is 3.84. The van der Waals surface area contributed by atoms with Crippen molar-refractivity contribution in [1.82, 2.24) is 0 Å². The van der Waals surface area contributed by atoms with Crippen LogP contribution in [0.2, 0.25) is 0 Å². The standard InChI is InChI=1S/C45H77ClO3/c1-18-35(40(47)49-27-26-48-17)28-45(16,19-2)44(14,15)39(37-23-21-20-22-33(37)5)30-42(10,11)43(12,13)38(29-41(7,8)9)34(6)24-25-36(31-46)32(3)4/h20-25,32,35,38-39H,18-19,26-31H2,1-17H3/b34-24+,36-25-/t35-,38?,39?,45?/m1/s1. The first-order valence-electron chi connectivity index (χ1n) is 19.1. The van der Waals surface area contributed by atoms with Crippen molar-refractivity contribution in [3.63, 3.8) is 0 Å². The van der Waals surface area contributed by atoms with E-state index in [4.69, 9.17) is 21.1 Å². The molecule has 0 bridgehead atoms. The molecule has 0 saturated carbocycles. The molecule has 3 unspecified atom stereocenters. The molecule has 0 spiro atoms. The van der Waals surface area contributed by atoms with Gasteiger partial charge < -0.3 is 9.47 Å². The highest BCUT2D eigenvalue weighted by molar-refractivity contribution is 6.19. The maximum absolute atomic E-state index is 13.3. The number of allylic oxidation sites excluding steroid dienone is 4. The van der Waals surface area contributed by atoms with Crippen molar-refractivity contribution in [2.24, 2.45) is 44.8 Å². The highest BCUT2D eigenvalue weighted by Gasteiger charge is 2.52. The van der Waals surface area contributed by atoms with Crippen molar-refractivity contribution in [3.05, 3.63) is 58.7 Å². The number of rotatable bonds is 20. The molecule has 1 aromatic rings. The fourth-order valence-electron chi connectivity index (χ4n) is 7.89. The topological polar surface area (TPSA) is 35.5 Å². The third kappa shape index (κ3) is 12.0. The normalized spacial score (nSPS) is 17.1. The van der Waals surface area contributed by atoms with Crippen LogP contribution in [0.4, 0.5) is 0 Å². The number of carbonyl (C=O) groups excluding carboxylic acids is 1. The van der Waals surface area contributed by atoms with Gasteiger partial charge in [0.1, 0.15) is 6.61 Å². The minimum absolute atomic E-state index is 0.0234. The zero-order valence-electron chi connectivity index (χ0n) is 35.0. The fourth-order valence-corrected chi connectivity index (χ4v) is 8.28. The summed E-state index contributed by atoms with van der Waals surface area (Å²) in [5, 5.41) is 0. The average molecular weight is 702 g/mol. The van der Waals surface area contributed by atoms with Gasteiger partial charge in [-0.15, -0.1) is 11.6 Å². The lowest BCUT2D eigenvalue weighted by atomic mass is 9.49. The lowest BCUT2D eigenvalue weighted by molar-refractivity contribution is -0.152. The second-order valence-electron chi connectivity index (χ2n) is 18.6. The van der Waals surface area contributed by atoms with Gasteiger partial charge in [-0.2, -0.15) is 0 Å². The molecule has 0 amide bonds. The molecule has 282 valence electrons. The molecule has 1 aromatic carbocycles. The molecule has 0 aliphatic carbocycles. The number of hydrogen-bond donors (Lipinski definition) is 0. The van der Waals surface area contributed by atoms with E-state index in [-0.39, 0.29) is 44.9 Å². The summed E-state index contributed by atoms with van der Waals surface area (Å²) < 4.78 is 10.8. The predicted octanol–water partition coefficient (Wildman–Crippen LogP) is 13.4. The van der Waals surface area contributed by atoms with Crippen LogP contribution in [0.5, 0.6) is 0 Å². The molecule has 3 nitrogen and oxygen atoms in total. The Hall–Kier alpha value is -1.58. The first-order chi connectivity index (χ1) is 22.5. The molecule has 4 atom stereocenters. The quantitative estimate of drug-likeness (QED) is 0.0588. The summed E-state index contributed by atoms with van der Waals surface area (Å²) in [6.45, 7) is 38.8. The molecule has 49 heavy (non-hydrogen) atoms. The lowest BCUT2D eigenvalue weighted by Gasteiger charge is -2.56. The largest absolute Gasteiger partial charge is 0.463 e. The van der Waals surface area contributed by atoms with Crippen LogP contribution in [0.15, 0.2) is 47.6 Å². The highest BCUT2D eigenvalue weighted by Crippen LogP contribution is 2.61. The molecular formula is C45H77ClO3. The van der Waals surface area contributed by atoms with E-state index in [1.807, 2.05) is 0 Å². The zero-order chi connectivity index (χ0) is 38.0. The molecular weight excluding hydrogens is 624 g/mol. The Bertz CT molecular complexity index is 1230. The Labute approximate surface area is 309 Å². The van der Waals surface area contributed by atoms with Gasteiger partial charge in [0.2, 0.25) is 0 Å². The summed E-state index contributed by atoms with van der Waals surface area (Å²) in [6.07, 6.45) is 9.32. The fraction of sp³-hybridized carbons (Fsp3) is 0.756. The van der Waals surface area contributed by atoms with Gasteiger partial charge >= 0.3 is 5.97 Å². The van der Waals surface area contributed by atoms with Crippen LogP contribution in [-0.4, -0.2) is 32.2 Å². The number of alkyl halides is 1. The monoisotopic (exact) mass is 701 g/mol. The van der Waals surface area contributed by atoms with Crippen LogP contribution >= 0.6 is 11.6 Å². The second-order valence-corrected chi connectivity index (χ2v) is 18.8. The summed E-state index contributed by atoms with van der Waals surface area (Å²) >= 11 is 6.37. The molecule has 0 aliphatic rings. The van der Waals surface area contributed by atoms with E-state index in [9.17, 15) is 4.79 Å². The van der Waals surface area contributed by atoms with Crippen LogP contribution < -0.4 is 0 Å². The predicted molar refractivity (Wildman–Crippen MR) is 214 cm³/mol. The molecule has 1 rings (SSSR count). The Kier molecular flexibility index (Phi) is 17.4. The molecule has 0 aromatic heterocycles. The third-order valence-electron chi connectivity index (χ3n) is 13.0. The second kappa shape index (κ2) is 18.8. The lowest BCUT2D eigenvalue weighted by Crippen LogP contribution is -2.47. The third-order valence-corrected chi connectivity index (χ3v) is 13.3. The molecule has 0 aliphatic heterocycles. The zero-order valence-corrected chi connectivity index (χ0v) is 35.8. The van der Waals surface area contributed by atoms with Crippen LogP contribution in [0.3, 0.4) is 0 Å². The minimum atomic E-state index is -0.149. The number of carbonyl (C=O) groups is 1. The van der Waals surface area contributed by atoms with Crippen LogP contribution in [0, 0.1) is 51.8 Å². The van der Waals surface area contributed by atoms with Crippen molar-refractivity contribution in [2.45, 2.75) is 149 Å². The van der Waals surface area contributed by atoms with Gasteiger partial charge in [-0.1, -0.05) is 151 Å². The summed E-state index contributed by atoms with van der Waals surface area (Å²) in [6, 6.07) is 9.00. The number of benzene rings is 1. The first-order valence-corrected chi connectivity index (χ1v) is 19.6. The summed E-state index contributed by atoms with van der Waals surface area (Å²) in [5.74, 6) is 1.40. The smallest absolute Gasteiger partial charge is 0.309 e. The van der Waals surface area contributed by atoms with Crippen molar-refractivity contribution >= 4 is 17.6 Å². The van der Waals surface area contributed by atoms with Crippen LogP contribution in [-0.2, 0) is 14.3 Å². The van der Waals surface area contributed by atoms with Crippen molar-refractivity contribution in [2.75, 3.05) is 26.2 Å². The van der Waals surface area contributed by atoms with Gasteiger partial charge in [-0.25, -0.2) is 0 Å². The highest BCUT2D eigenvalue weighted by atomic mass is 35.5. The maximum Gasteiger partial charge on any atom is 0.309 e. The van der Waals surface area contributed by atoms with Gasteiger partial charge in [0.05, 0.1) is 12.5 Å². The first kappa shape index (κ1) is 45.4. The van der Waals surface area contributed by atoms with E-state index >= 15 is 0 Å². The molecule has 0 radical (unpaired) electrons. The molecule has 4 heteroatoms. The molecule has 0 heterocycles. The van der Waals surface area contributed by atoms with Crippen molar-refractivity contribution in [1.29, 1.82) is 0 Å². The number of ether oxygens (including phenoxy) is 2. The Morgan fingerprint density at radius 1 is 0.857 bits per heavy atom. The molecule has 0 saturated heterocycles. The van der Waals surface area contributed by atoms with Gasteiger partial charge in [-0.3, -0.25) is 4.79 Å². The number of methoxy groups -OCH3 is 1. The van der Waals surface area contributed by atoms with Gasteiger partial charge in [-0.05, 0) is 95.5 Å². The van der Waals surface area contributed by atoms with E-state index in [1.54, 1.807) is 7.11 Å². The van der Waals surface area contributed by atoms with Gasteiger partial charge in [0, 0.05) is 13.0 Å². The van der Waals surface area contributed by atoms with Crippen molar-refractivity contribution in [3.8, 4) is 0 Å². The summed E-state index contributed by atoms with van der Waals surface area (Å²) in [5.41, 5.74) is 5.36. The Morgan fingerprint density at radius 3 is 1.92 bits per heavy atom. The average Bonchev–Trinajstić information content (AvgIpc) is 3.00. The summed E-state index contributed by atoms with van der Waals surface area (Å²) in [7, 11) is 1.64. The van der Waals surface area contributed by atoms with E-state index in [0.29, 0.717) is 30.9 Å². The SMILES string of the molecule is CC[C@H](CC(C)(CC)C(C)(C)C(CC(C)(C)C(C)(C)C(CC(C)(C)C)/C(C)=C/C=C(/CCl)C(C)C)c1ccccc1C)C(=O)OCCOC. The number of esters is 1. The summed E-state index contributed by atoms with van der Waals surface area (Å²) in [4.78, 5) is 13.3. The van der Waals surface area contributed by atoms with E-state index in [1.165, 1.54) is 22.3 Å². The molecule has 0 N–H and O–H groups in total. The van der Waals surface area contributed by atoms with Crippen molar-refractivity contribution < 1.29 is 14.3 Å². The maximum atomic E-state index is 13.3. The van der Waals surface area contributed by atoms with Crippen LogP contribution in [0.25, 0.3) is 0 Å². The van der Waals surface area contributed by atoms with Crippen LogP contribution in [0.1, 0.15) is 153 Å². The van der Waals surface area contributed by atoms with E-state index in [0.717, 1.165) is 32.1 Å². The van der Waals surface area contributed by atoms with Gasteiger partial charge in [0.15, 0.2) is 0 Å². The number of hydrogen-bond acceptors (Lipinski definition) is 3. The minimum Gasteiger partial charge on any atom is -0.463 e. The Morgan fingerprint density at radius 2 is 1.45 bits per heavy atom. The van der Waals surface area contributed by atoms with E-state index in [2.05, 4.69) is 147 Å². The number of aryl methyl sites for hydroxylation is 1.